The lowest BCUT2D eigenvalue weighted by atomic mass is 10.2. The van der Waals surface area contributed by atoms with E-state index in [2.05, 4.69) is 33.9 Å². The van der Waals surface area contributed by atoms with E-state index >= 15 is 0 Å². The van der Waals surface area contributed by atoms with E-state index in [1.165, 1.54) is 6.07 Å². The van der Waals surface area contributed by atoms with Gasteiger partial charge in [-0.2, -0.15) is 0 Å². The number of hydrogen-bond donors (Lipinski definition) is 2. The first-order chi connectivity index (χ1) is 9.47. The molecule has 104 valence electrons. The molecule has 1 N–H and O–H groups in total. The maximum Gasteiger partial charge on any atom is 0.252 e. The molecule has 0 fully saturated rings. The summed E-state index contributed by atoms with van der Waals surface area (Å²) in [6, 6.07) is 8.28. The van der Waals surface area contributed by atoms with Crippen molar-refractivity contribution in [1.29, 1.82) is 0 Å². The Bertz CT molecular complexity index is 664. The number of carbonyl (C=O) groups is 1. The maximum atomic E-state index is 13.4. The van der Waals surface area contributed by atoms with Gasteiger partial charge in [0.2, 0.25) is 0 Å². The normalized spacial score (nSPS) is 10.4. The van der Waals surface area contributed by atoms with Crippen molar-refractivity contribution in [1.82, 2.24) is 5.32 Å². The third kappa shape index (κ3) is 3.58. The average molecular weight is 358 g/mol. The second-order valence-electron chi connectivity index (χ2n) is 4.08. The molecule has 0 saturated heterocycles. The highest BCUT2D eigenvalue weighted by Crippen LogP contribution is 2.20. The first-order valence-corrected chi connectivity index (χ1v) is 6.92. The van der Waals surface area contributed by atoms with E-state index in [0.29, 0.717) is 14.9 Å². The minimum absolute atomic E-state index is 0.0197. The van der Waals surface area contributed by atoms with Gasteiger partial charge in [-0.15, -0.1) is 12.6 Å². The lowest BCUT2D eigenvalue weighted by Crippen LogP contribution is -2.23. The number of benzene rings is 2. The highest BCUT2D eigenvalue weighted by molar-refractivity contribution is 9.10. The van der Waals surface area contributed by atoms with Crippen LogP contribution in [0.4, 0.5) is 8.78 Å². The second-order valence-corrected chi connectivity index (χ2v) is 5.45. The van der Waals surface area contributed by atoms with E-state index in [9.17, 15) is 13.6 Å². The Labute approximate surface area is 128 Å². The minimum atomic E-state index is -0.688. The number of nitrogens with one attached hydrogen (secondary N) is 1. The zero-order chi connectivity index (χ0) is 14.7. The Morgan fingerprint density at radius 3 is 2.65 bits per heavy atom. The fourth-order valence-electron chi connectivity index (χ4n) is 1.62. The Balaban J connectivity index is 2.10. The van der Waals surface area contributed by atoms with Crippen molar-refractivity contribution >= 4 is 34.5 Å². The lowest BCUT2D eigenvalue weighted by molar-refractivity contribution is 0.0949. The minimum Gasteiger partial charge on any atom is -0.348 e. The van der Waals surface area contributed by atoms with Crippen molar-refractivity contribution in [3.63, 3.8) is 0 Å². The van der Waals surface area contributed by atoms with Crippen LogP contribution in [0.15, 0.2) is 45.8 Å². The number of hydrogen-bond acceptors (Lipinski definition) is 2. The first kappa shape index (κ1) is 15.0. The summed E-state index contributed by atoms with van der Waals surface area (Å²) in [5.41, 5.74) is 0.623. The zero-order valence-electron chi connectivity index (χ0n) is 10.2. The van der Waals surface area contributed by atoms with Crippen LogP contribution in [0.2, 0.25) is 0 Å². The maximum absolute atomic E-state index is 13.4. The third-order valence-electron chi connectivity index (χ3n) is 2.65. The van der Waals surface area contributed by atoms with Gasteiger partial charge in [0.1, 0.15) is 11.6 Å². The van der Waals surface area contributed by atoms with E-state index < -0.39 is 11.6 Å². The zero-order valence-corrected chi connectivity index (χ0v) is 12.6. The number of thiol groups is 1. The summed E-state index contributed by atoms with van der Waals surface area (Å²) in [4.78, 5) is 12.6. The number of rotatable bonds is 3. The molecule has 20 heavy (non-hydrogen) atoms. The molecule has 2 nitrogen and oxygen atoms in total. The molecular weight excluding hydrogens is 348 g/mol. The van der Waals surface area contributed by atoms with Gasteiger partial charge in [0.25, 0.3) is 5.91 Å². The van der Waals surface area contributed by atoms with Crippen molar-refractivity contribution < 1.29 is 13.6 Å². The topological polar surface area (TPSA) is 29.1 Å². The average Bonchev–Trinajstić information content (AvgIpc) is 2.40. The summed E-state index contributed by atoms with van der Waals surface area (Å²) in [7, 11) is 0. The molecule has 0 aliphatic carbocycles. The van der Waals surface area contributed by atoms with E-state index in [1.807, 2.05) is 0 Å². The predicted octanol–water partition coefficient (Wildman–Crippen LogP) is 3.95. The van der Waals surface area contributed by atoms with Gasteiger partial charge >= 0.3 is 0 Å². The predicted molar refractivity (Wildman–Crippen MR) is 78.9 cm³/mol. The Hall–Kier alpha value is -1.40. The fraction of sp³-hybridized carbons (Fsp3) is 0.0714. The van der Waals surface area contributed by atoms with Crippen LogP contribution in [0, 0.1) is 11.6 Å². The fourth-order valence-corrected chi connectivity index (χ4v) is 2.25. The van der Waals surface area contributed by atoms with Crippen LogP contribution in [0.1, 0.15) is 15.9 Å². The Morgan fingerprint density at radius 2 is 1.95 bits per heavy atom. The molecule has 0 atom stereocenters. The molecule has 0 heterocycles. The second kappa shape index (κ2) is 6.37. The van der Waals surface area contributed by atoms with Crippen molar-refractivity contribution in [2.24, 2.45) is 0 Å². The van der Waals surface area contributed by atoms with E-state index in [0.717, 1.165) is 12.1 Å². The van der Waals surface area contributed by atoms with Crippen LogP contribution < -0.4 is 5.32 Å². The van der Waals surface area contributed by atoms with E-state index in [1.54, 1.807) is 18.2 Å². The summed E-state index contributed by atoms with van der Waals surface area (Å²) in [6.45, 7) is -0.0197. The molecule has 0 spiro atoms. The molecule has 0 unspecified atom stereocenters. The monoisotopic (exact) mass is 357 g/mol. The van der Waals surface area contributed by atoms with Gasteiger partial charge < -0.3 is 5.32 Å². The summed E-state index contributed by atoms with van der Waals surface area (Å²) in [5, 5.41) is 2.58. The van der Waals surface area contributed by atoms with Gasteiger partial charge in [-0.05, 0) is 40.2 Å². The SMILES string of the molecule is O=C(NCc1ccc(F)cc1F)c1cc(S)ccc1Br. The van der Waals surface area contributed by atoms with Gasteiger partial charge in [0.05, 0.1) is 5.56 Å². The molecule has 6 heteroatoms. The molecular formula is C14H10BrF2NOS. The van der Waals surface area contributed by atoms with Gasteiger partial charge in [-0.1, -0.05) is 6.07 Å². The number of carbonyl (C=O) groups excluding carboxylic acids is 1. The van der Waals surface area contributed by atoms with Gasteiger partial charge in [-0.3, -0.25) is 4.79 Å². The third-order valence-corrected chi connectivity index (χ3v) is 3.62. The van der Waals surface area contributed by atoms with Gasteiger partial charge in [-0.25, -0.2) is 8.78 Å². The van der Waals surface area contributed by atoms with Crippen LogP contribution in [0.5, 0.6) is 0 Å². The molecule has 0 aliphatic rings. The molecule has 0 radical (unpaired) electrons. The van der Waals surface area contributed by atoms with Crippen LogP contribution in [0.25, 0.3) is 0 Å². The summed E-state index contributed by atoms with van der Waals surface area (Å²) < 4.78 is 26.8. The molecule has 0 bridgehead atoms. The Morgan fingerprint density at radius 1 is 1.20 bits per heavy atom. The van der Waals surface area contributed by atoms with Crippen LogP contribution in [-0.2, 0) is 6.54 Å². The number of halogens is 3. The smallest absolute Gasteiger partial charge is 0.252 e. The van der Waals surface area contributed by atoms with Gasteiger partial charge in [0, 0.05) is 27.5 Å². The van der Waals surface area contributed by atoms with Crippen molar-refractivity contribution in [2.45, 2.75) is 11.4 Å². The van der Waals surface area contributed by atoms with E-state index in [4.69, 9.17) is 0 Å². The molecule has 2 rings (SSSR count). The Kier molecular flexibility index (Phi) is 4.77. The van der Waals surface area contributed by atoms with Gasteiger partial charge in [0.15, 0.2) is 0 Å². The molecule has 2 aromatic carbocycles. The standard InChI is InChI=1S/C14H10BrF2NOS/c15-12-4-3-10(20)6-11(12)14(19)18-7-8-1-2-9(16)5-13(8)17/h1-6,20H,7H2,(H,18,19). The highest BCUT2D eigenvalue weighted by Gasteiger charge is 2.11. The quantitative estimate of drug-likeness (QED) is 0.800. The highest BCUT2D eigenvalue weighted by atomic mass is 79.9. The summed E-state index contributed by atoms with van der Waals surface area (Å²) in [5.74, 6) is -1.70. The molecule has 0 aromatic heterocycles. The van der Waals surface area contributed by atoms with Crippen LogP contribution >= 0.6 is 28.6 Å². The molecule has 0 saturated carbocycles. The first-order valence-electron chi connectivity index (χ1n) is 5.68. The van der Waals surface area contributed by atoms with Crippen LogP contribution in [-0.4, -0.2) is 5.91 Å². The van der Waals surface area contributed by atoms with Crippen molar-refractivity contribution in [2.75, 3.05) is 0 Å². The molecule has 1 amide bonds. The van der Waals surface area contributed by atoms with Crippen molar-refractivity contribution in [3.8, 4) is 0 Å². The lowest BCUT2D eigenvalue weighted by Gasteiger charge is -2.08. The summed E-state index contributed by atoms with van der Waals surface area (Å²) >= 11 is 7.42. The van der Waals surface area contributed by atoms with E-state index in [-0.39, 0.29) is 18.0 Å². The van der Waals surface area contributed by atoms with Crippen LogP contribution in [0.3, 0.4) is 0 Å². The van der Waals surface area contributed by atoms with Crippen molar-refractivity contribution in [3.05, 3.63) is 63.6 Å². The largest absolute Gasteiger partial charge is 0.348 e. The molecule has 2 aromatic rings. The summed E-state index contributed by atoms with van der Waals surface area (Å²) in [6.07, 6.45) is 0. The number of amides is 1. The molecule has 0 aliphatic heterocycles.